The largest absolute Gasteiger partial charge is 0.491 e. The Labute approximate surface area is 218 Å². The van der Waals surface area contributed by atoms with Gasteiger partial charge in [-0.1, -0.05) is 41.7 Å². The molecule has 0 bridgehead atoms. The fourth-order valence-corrected chi connectivity index (χ4v) is 5.13. The Balaban J connectivity index is 1.90. The quantitative estimate of drug-likeness (QED) is 0.350. The van der Waals surface area contributed by atoms with Crippen molar-refractivity contribution in [3.63, 3.8) is 0 Å². The van der Waals surface area contributed by atoms with E-state index in [1.807, 2.05) is 38.1 Å². The third-order valence-electron chi connectivity index (χ3n) is 5.54. The third-order valence-corrected chi connectivity index (χ3v) is 6.53. The van der Waals surface area contributed by atoms with Crippen LogP contribution in [0.3, 0.4) is 0 Å². The highest BCUT2D eigenvalue weighted by Crippen LogP contribution is 2.32. The molecule has 0 saturated carbocycles. The maximum absolute atomic E-state index is 13.8. The fraction of sp³-hybridized carbons (Fsp3) is 0.286. The van der Waals surface area contributed by atoms with Crippen LogP contribution in [0.25, 0.3) is 6.08 Å². The summed E-state index contributed by atoms with van der Waals surface area (Å²) >= 11 is 1.20. The van der Waals surface area contributed by atoms with Crippen molar-refractivity contribution in [2.45, 2.75) is 46.8 Å². The lowest BCUT2D eigenvalue weighted by molar-refractivity contribution is -0.139. The molecule has 9 heteroatoms. The van der Waals surface area contributed by atoms with Crippen molar-refractivity contribution < 1.29 is 23.8 Å². The van der Waals surface area contributed by atoms with Gasteiger partial charge in [0.2, 0.25) is 0 Å². The number of benzene rings is 2. The van der Waals surface area contributed by atoms with Crippen LogP contribution in [0.5, 0.6) is 11.5 Å². The molecular weight excluding hydrogens is 492 g/mol. The number of hydrogen-bond donors (Lipinski definition) is 0. The average molecular weight is 521 g/mol. The zero-order chi connectivity index (χ0) is 26.7. The Kier molecular flexibility index (Phi) is 7.73. The van der Waals surface area contributed by atoms with Crippen molar-refractivity contribution in [2.75, 3.05) is 6.61 Å². The standard InChI is InChI=1S/C28H28N2O6S/c1-6-34-27(33)24-17(4)29-28-30(25(24)19-11-13-21(14-12-19)35-16(2)3)26(32)23(37-28)15-20-9-7-8-10-22(20)36-18(5)31/h7-16,25H,6H2,1-5H3/b23-15-/t25-/m0/s1. The van der Waals surface area contributed by atoms with E-state index in [1.54, 1.807) is 44.2 Å². The second-order valence-electron chi connectivity index (χ2n) is 8.67. The Morgan fingerprint density at radius 1 is 1.14 bits per heavy atom. The predicted octanol–water partition coefficient (Wildman–Crippen LogP) is 3.51. The van der Waals surface area contributed by atoms with Gasteiger partial charge in [0.05, 0.1) is 34.6 Å². The molecule has 3 aromatic rings. The van der Waals surface area contributed by atoms with Crippen molar-refractivity contribution in [1.29, 1.82) is 0 Å². The highest BCUT2D eigenvalue weighted by atomic mass is 32.1. The van der Waals surface area contributed by atoms with Gasteiger partial charge in [0, 0.05) is 12.5 Å². The summed E-state index contributed by atoms with van der Waals surface area (Å²) in [6, 6.07) is 13.6. The number of fused-ring (bicyclic) bond motifs is 1. The molecule has 1 aliphatic rings. The minimum atomic E-state index is -0.728. The summed E-state index contributed by atoms with van der Waals surface area (Å²) < 4.78 is 18.3. The van der Waals surface area contributed by atoms with Gasteiger partial charge in [0.1, 0.15) is 11.5 Å². The van der Waals surface area contributed by atoms with E-state index in [0.29, 0.717) is 37.7 Å². The lowest BCUT2D eigenvalue weighted by atomic mass is 9.96. The Hall–Kier alpha value is -3.98. The first kappa shape index (κ1) is 26.1. The summed E-state index contributed by atoms with van der Waals surface area (Å²) in [6.07, 6.45) is 1.68. The van der Waals surface area contributed by atoms with Crippen molar-refractivity contribution in [1.82, 2.24) is 4.57 Å². The van der Waals surface area contributed by atoms with E-state index in [-0.39, 0.29) is 18.3 Å². The van der Waals surface area contributed by atoms with Crippen LogP contribution in [-0.2, 0) is 14.3 Å². The van der Waals surface area contributed by atoms with Crippen LogP contribution < -0.4 is 24.4 Å². The van der Waals surface area contributed by atoms with E-state index in [2.05, 4.69) is 4.99 Å². The lowest BCUT2D eigenvalue weighted by Gasteiger charge is -2.25. The van der Waals surface area contributed by atoms with Crippen LogP contribution in [0.4, 0.5) is 0 Å². The number of carbonyl (C=O) groups is 2. The molecule has 1 aliphatic heterocycles. The van der Waals surface area contributed by atoms with Crippen molar-refractivity contribution >= 4 is 29.4 Å². The molecule has 2 aromatic carbocycles. The van der Waals surface area contributed by atoms with Gasteiger partial charge in [-0.2, -0.15) is 0 Å². The van der Waals surface area contributed by atoms with E-state index in [1.165, 1.54) is 22.8 Å². The summed E-state index contributed by atoms with van der Waals surface area (Å²) in [5.41, 5.74) is 1.78. The highest BCUT2D eigenvalue weighted by molar-refractivity contribution is 7.07. The average Bonchev–Trinajstić information content (AvgIpc) is 3.14. The summed E-state index contributed by atoms with van der Waals surface area (Å²) in [5.74, 6) is 0.0563. The van der Waals surface area contributed by atoms with Crippen molar-refractivity contribution in [3.05, 3.63) is 90.6 Å². The van der Waals surface area contributed by atoms with Gasteiger partial charge in [0.25, 0.3) is 5.56 Å². The Morgan fingerprint density at radius 2 is 1.84 bits per heavy atom. The van der Waals surface area contributed by atoms with Crippen LogP contribution in [0.2, 0.25) is 0 Å². The van der Waals surface area contributed by atoms with Gasteiger partial charge in [-0.05, 0) is 57.5 Å². The van der Waals surface area contributed by atoms with Crippen LogP contribution in [0.15, 0.2) is 69.6 Å². The molecule has 8 nitrogen and oxygen atoms in total. The number of aromatic nitrogens is 1. The first-order chi connectivity index (χ1) is 17.7. The van der Waals surface area contributed by atoms with Crippen molar-refractivity contribution in [2.24, 2.45) is 4.99 Å². The molecular formula is C28H28N2O6S. The van der Waals surface area contributed by atoms with Crippen LogP contribution >= 0.6 is 11.3 Å². The number of rotatable bonds is 7. The van der Waals surface area contributed by atoms with Crippen molar-refractivity contribution in [3.8, 4) is 11.5 Å². The Bertz CT molecular complexity index is 1550. The molecule has 0 saturated heterocycles. The number of allylic oxidation sites excluding steroid dienone is 1. The maximum atomic E-state index is 13.8. The normalized spacial score (nSPS) is 15.3. The lowest BCUT2D eigenvalue weighted by Crippen LogP contribution is -2.39. The second kappa shape index (κ2) is 11.0. The Morgan fingerprint density at radius 3 is 2.49 bits per heavy atom. The molecule has 1 aromatic heterocycles. The zero-order valence-corrected chi connectivity index (χ0v) is 22.1. The van der Waals surface area contributed by atoms with E-state index >= 15 is 0 Å². The second-order valence-corrected chi connectivity index (χ2v) is 9.68. The van der Waals surface area contributed by atoms with Crippen LogP contribution in [0.1, 0.15) is 51.8 Å². The summed E-state index contributed by atoms with van der Waals surface area (Å²) in [7, 11) is 0. The van der Waals surface area contributed by atoms with Gasteiger partial charge in [0.15, 0.2) is 4.80 Å². The molecule has 0 radical (unpaired) electrons. The topological polar surface area (TPSA) is 96.2 Å². The zero-order valence-electron chi connectivity index (χ0n) is 21.3. The molecule has 0 aliphatic carbocycles. The van der Waals surface area contributed by atoms with Gasteiger partial charge in [-0.25, -0.2) is 9.79 Å². The SMILES string of the molecule is CCOC(=O)C1=C(C)N=c2s/c(=C\c3ccccc3OC(C)=O)c(=O)n2[C@H]1c1ccc(OC(C)C)cc1. The van der Waals surface area contributed by atoms with E-state index in [0.717, 1.165) is 5.56 Å². The summed E-state index contributed by atoms with van der Waals surface area (Å²) in [6.45, 7) is 8.87. The molecule has 0 spiro atoms. The molecule has 37 heavy (non-hydrogen) atoms. The van der Waals surface area contributed by atoms with E-state index < -0.39 is 18.0 Å². The molecule has 2 heterocycles. The van der Waals surface area contributed by atoms with Gasteiger partial charge in [-0.3, -0.25) is 14.2 Å². The van der Waals surface area contributed by atoms with Gasteiger partial charge < -0.3 is 14.2 Å². The monoisotopic (exact) mass is 520 g/mol. The van der Waals surface area contributed by atoms with E-state index in [9.17, 15) is 14.4 Å². The summed E-state index contributed by atoms with van der Waals surface area (Å²) in [4.78, 5) is 43.4. The first-order valence-corrected chi connectivity index (χ1v) is 12.7. The third kappa shape index (κ3) is 5.56. The molecule has 0 amide bonds. The molecule has 1 atom stereocenters. The number of para-hydroxylation sites is 1. The molecule has 0 N–H and O–H groups in total. The summed E-state index contributed by atoms with van der Waals surface area (Å²) in [5, 5.41) is 0. The molecule has 0 unspecified atom stereocenters. The fourth-order valence-electron chi connectivity index (χ4n) is 4.10. The maximum Gasteiger partial charge on any atom is 0.338 e. The number of ether oxygens (including phenoxy) is 3. The number of carbonyl (C=O) groups excluding carboxylic acids is 2. The van der Waals surface area contributed by atoms with Crippen LogP contribution in [-0.4, -0.2) is 29.2 Å². The predicted molar refractivity (Wildman–Crippen MR) is 140 cm³/mol. The number of thiazole rings is 1. The highest BCUT2D eigenvalue weighted by Gasteiger charge is 2.33. The van der Waals surface area contributed by atoms with Gasteiger partial charge >= 0.3 is 11.9 Å². The smallest absolute Gasteiger partial charge is 0.338 e. The molecule has 192 valence electrons. The minimum Gasteiger partial charge on any atom is -0.491 e. The first-order valence-electron chi connectivity index (χ1n) is 11.9. The number of nitrogens with zero attached hydrogens (tertiary/aromatic N) is 2. The molecule has 4 rings (SSSR count). The van der Waals surface area contributed by atoms with E-state index in [4.69, 9.17) is 14.2 Å². The van der Waals surface area contributed by atoms with Gasteiger partial charge in [-0.15, -0.1) is 0 Å². The number of esters is 2. The molecule has 0 fully saturated rings. The number of hydrogen-bond acceptors (Lipinski definition) is 8. The van der Waals surface area contributed by atoms with Crippen LogP contribution in [0, 0.1) is 0 Å². The minimum absolute atomic E-state index is 0.00983.